The molecule has 8 nitrogen and oxygen atoms in total. The van der Waals surface area contributed by atoms with Crippen LogP contribution in [0.1, 0.15) is 72.6 Å². The number of hydrogen-bond acceptors (Lipinski definition) is 6. The first-order valence-corrected chi connectivity index (χ1v) is 12.8. The minimum Gasteiger partial charge on any atom is -0.481 e. The smallest absolute Gasteiger partial charge is 0.311 e. The van der Waals surface area contributed by atoms with Crippen LogP contribution in [-0.2, 0) is 19.1 Å². The number of aliphatic carboxylic acids is 1. The van der Waals surface area contributed by atoms with Crippen LogP contribution in [0.25, 0.3) is 0 Å². The van der Waals surface area contributed by atoms with Crippen LogP contribution in [0.5, 0.6) is 0 Å². The molecule has 0 aromatic rings. The molecular weight excluding hydrogens is 450 g/mol. The van der Waals surface area contributed by atoms with Gasteiger partial charge in [-0.2, -0.15) is 0 Å². The summed E-state index contributed by atoms with van der Waals surface area (Å²) in [6.45, 7) is 8.17. The van der Waals surface area contributed by atoms with Crippen LogP contribution in [0, 0.1) is 23.2 Å². The second-order valence-electron chi connectivity index (χ2n) is 10.6. The number of carbonyl (C=O) groups is 3. The van der Waals surface area contributed by atoms with Gasteiger partial charge in [0.25, 0.3) is 0 Å². The van der Waals surface area contributed by atoms with Gasteiger partial charge in [0.15, 0.2) is 0 Å². The molecule has 0 aromatic carbocycles. The Morgan fingerprint density at radius 3 is 2.49 bits per heavy atom. The molecule has 0 heterocycles. The van der Waals surface area contributed by atoms with Crippen molar-refractivity contribution in [3.63, 3.8) is 0 Å². The van der Waals surface area contributed by atoms with Crippen LogP contribution in [-0.4, -0.2) is 70.0 Å². The number of aliphatic hydroxyl groups excluding tert-OH is 2. The van der Waals surface area contributed by atoms with Crippen molar-refractivity contribution in [3.8, 4) is 0 Å². The van der Waals surface area contributed by atoms with Crippen LogP contribution >= 0.6 is 0 Å². The highest BCUT2D eigenvalue weighted by atomic mass is 16.5. The Labute approximate surface area is 209 Å². The van der Waals surface area contributed by atoms with Gasteiger partial charge in [-0.05, 0) is 70.8 Å². The maximum Gasteiger partial charge on any atom is 0.311 e. The van der Waals surface area contributed by atoms with Crippen molar-refractivity contribution < 1.29 is 34.4 Å². The van der Waals surface area contributed by atoms with Gasteiger partial charge in [-0.1, -0.05) is 25.2 Å². The summed E-state index contributed by atoms with van der Waals surface area (Å²) in [5.74, 6) is -2.16. The van der Waals surface area contributed by atoms with Crippen molar-refractivity contribution in [3.05, 3.63) is 23.8 Å². The van der Waals surface area contributed by atoms with E-state index in [0.717, 1.165) is 12.0 Å². The Morgan fingerprint density at radius 1 is 1.20 bits per heavy atom. The molecule has 1 amide bonds. The fraction of sp³-hybridized carbons (Fsp3) is 0.741. The number of carboxylic acid groups (broad SMARTS) is 1. The molecule has 3 N–H and O–H groups in total. The molecule has 0 spiro atoms. The number of carbonyl (C=O) groups excluding carboxylic acids is 2. The van der Waals surface area contributed by atoms with E-state index < -0.39 is 35.9 Å². The molecule has 2 rings (SSSR count). The molecule has 198 valence electrons. The van der Waals surface area contributed by atoms with Gasteiger partial charge in [-0.3, -0.25) is 14.4 Å². The van der Waals surface area contributed by atoms with E-state index in [-0.39, 0.29) is 36.2 Å². The number of ether oxygens (including phenoxy) is 1. The van der Waals surface area contributed by atoms with Gasteiger partial charge in [0.1, 0.15) is 6.10 Å². The van der Waals surface area contributed by atoms with E-state index in [9.17, 15) is 24.6 Å². The second kappa shape index (κ2) is 12.7. The highest BCUT2D eigenvalue weighted by Crippen LogP contribution is 2.45. The molecule has 6 atom stereocenters. The minimum absolute atomic E-state index is 0.0160. The summed E-state index contributed by atoms with van der Waals surface area (Å²) < 4.78 is 6.07. The minimum atomic E-state index is -1.13. The first-order valence-electron chi connectivity index (χ1n) is 12.8. The first-order chi connectivity index (χ1) is 16.4. The second-order valence-corrected chi connectivity index (χ2v) is 10.6. The number of fused-ring (bicyclic) bond motifs is 1. The standard InChI is InChI=1S/C27H43NO7/c1-6-27(3,4)26(34)35-22-10-8-9-17-11-13-21(25(33)28(5)7-2)20(24(17)22)14-12-18(29)15-19(30)16-23(31)32/h9,11,13,18-22,24,29-30H,6-8,10,12,14-16H2,1-5H3,(H,31,32)/t18-,19-,20-,21+,22+,24+/m1/s1. The normalized spacial score (nSPS) is 25.7. The van der Waals surface area contributed by atoms with E-state index in [1.165, 1.54) is 0 Å². The van der Waals surface area contributed by atoms with Gasteiger partial charge in [0, 0.05) is 19.5 Å². The largest absolute Gasteiger partial charge is 0.481 e. The average Bonchev–Trinajstić information content (AvgIpc) is 2.80. The zero-order valence-electron chi connectivity index (χ0n) is 21.8. The van der Waals surface area contributed by atoms with E-state index in [4.69, 9.17) is 9.84 Å². The molecule has 2 aliphatic carbocycles. The van der Waals surface area contributed by atoms with E-state index in [0.29, 0.717) is 32.2 Å². The molecule has 0 fully saturated rings. The lowest BCUT2D eigenvalue weighted by Gasteiger charge is -2.43. The highest BCUT2D eigenvalue weighted by molar-refractivity contribution is 5.81. The molecule has 35 heavy (non-hydrogen) atoms. The molecule has 0 saturated carbocycles. The topological polar surface area (TPSA) is 124 Å². The number of nitrogens with zero attached hydrogens (tertiary/aromatic N) is 1. The van der Waals surface area contributed by atoms with Crippen LogP contribution in [0.4, 0.5) is 0 Å². The quantitative estimate of drug-likeness (QED) is 0.356. The summed E-state index contributed by atoms with van der Waals surface area (Å²) in [6.07, 6.45) is 6.08. The SMILES string of the molecule is CCN(C)C(=O)[C@H]1C=CC2=CCC[C@H](OC(=O)C(C)(C)CC)[C@@H]2[C@@H]1CC[C@@H](O)C[C@@H](O)CC(=O)O. The predicted molar refractivity (Wildman–Crippen MR) is 132 cm³/mol. The molecule has 0 aromatic heterocycles. The van der Waals surface area contributed by atoms with Crippen molar-refractivity contribution in [2.24, 2.45) is 23.2 Å². The molecular formula is C27H43NO7. The fourth-order valence-corrected chi connectivity index (χ4v) is 4.94. The van der Waals surface area contributed by atoms with Gasteiger partial charge in [-0.25, -0.2) is 0 Å². The van der Waals surface area contributed by atoms with Crippen LogP contribution in [0.15, 0.2) is 23.8 Å². The number of carboxylic acids is 1. The maximum atomic E-state index is 13.3. The monoisotopic (exact) mass is 493 g/mol. The molecule has 0 unspecified atom stereocenters. The Balaban J connectivity index is 2.29. The maximum absolute atomic E-state index is 13.3. The highest BCUT2D eigenvalue weighted by Gasteiger charge is 2.45. The number of hydrogen-bond donors (Lipinski definition) is 3. The van der Waals surface area contributed by atoms with E-state index in [1.54, 1.807) is 11.9 Å². The third-order valence-electron chi connectivity index (χ3n) is 7.65. The Bertz CT molecular complexity index is 818. The zero-order chi connectivity index (χ0) is 26.3. The first kappa shape index (κ1) is 29.0. The zero-order valence-corrected chi connectivity index (χ0v) is 21.8. The Kier molecular flexibility index (Phi) is 10.5. The van der Waals surface area contributed by atoms with Crippen molar-refractivity contribution in [2.75, 3.05) is 13.6 Å². The van der Waals surface area contributed by atoms with Gasteiger partial charge in [0.05, 0.1) is 30.0 Å². The number of rotatable bonds is 12. The Hall–Kier alpha value is -2.19. The predicted octanol–water partition coefficient (Wildman–Crippen LogP) is 3.32. The molecule has 8 heteroatoms. The third kappa shape index (κ3) is 7.64. The molecule has 0 bridgehead atoms. The van der Waals surface area contributed by atoms with E-state index in [2.05, 4.69) is 6.08 Å². The van der Waals surface area contributed by atoms with E-state index >= 15 is 0 Å². The van der Waals surface area contributed by atoms with Crippen molar-refractivity contribution in [1.29, 1.82) is 0 Å². The van der Waals surface area contributed by atoms with Gasteiger partial charge >= 0.3 is 11.9 Å². The summed E-state index contributed by atoms with van der Waals surface area (Å²) >= 11 is 0. The molecule has 0 radical (unpaired) electrons. The van der Waals surface area contributed by atoms with E-state index in [1.807, 2.05) is 39.8 Å². The fourth-order valence-electron chi connectivity index (χ4n) is 4.94. The summed E-state index contributed by atoms with van der Waals surface area (Å²) in [4.78, 5) is 38.7. The molecule has 0 saturated heterocycles. The summed E-state index contributed by atoms with van der Waals surface area (Å²) in [7, 11) is 1.76. The van der Waals surface area contributed by atoms with Gasteiger partial charge in [0.2, 0.25) is 5.91 Å². The van der Waals surface area contributed by atoms with Gasteiger partial charge < -0.3 is 25.0 Å². The van der Waals surface area contributed by atoms with Gasteiger partial charge in [-0.15, -0.1) is 0 Å². The van der Waals surface area contributed by atoms with Crippen LogP contribution in [0.2, 0.25) is 0 Å². The number of aliphatic hydroxyl groups is 2. The molecule has 0 aliphatic heterocycles. The lowest BCUT2D eigenvalue weighted by molar-refractivity contribution is -0.164. The third-order valence-corrected chi connectivity index (χ3v) is 7.65. The lowest BCUT2D eigenvalue weighted by Crippen LogP contribution is -2.46. The Morgan fingerprint density at radius 2 is 1.89 bits per heavy atom. The van der Waals surface area contributed by atoms with Crippen molar-refractivity contribution in [2.45, 2.75) is 91.0 Å². The lowest BCUT2D eigenvalue weighted by atomic mass is 9.65. The van der Waals surface area contributed by atoms with Crippen molar-refractivity contribution in [1.82, 2.24) is 4.90 Å². The number of allylic oxidation sites excluding steroid dienone is 2. The van der Waals surface area contributed by atoms with Crippen LogP contribution in [0.3, 0.4) is 0 Å². The number of esters is 1. The summed E-state index contributed by atoms with van der Waals surface area (Å²) in [6, 6.07) is 0. The summed E-state index contributed by atoms with van der Waals surface area (Å²) in [5.41, 5.74) is 0.451. The van der Waals surface area contributed by atoms with Crippen molar-refractivity contribution >= 4 is 17.8 Å². The summed E-state index contributed by atoms with van der Waals surface area (Å²) in [5, 5.41) is 29.3. The number of amides is 1. The van der Waals surface area contributed by atoms with Crippen LogP contribution < -0.4 is 0 Å². The average molecular weight is 494 g/mol. The molecule has 2 aliphatic rings.